The minimum absolute atomic E-state index is 0.0198. The third kappa shape index (κ3) is 5.13. The molecular formula is C24H30F3N9. The smallest absolute Gasteiger partial charge is 0.229 e. The monoisotopic (exact) mass is 501 g/mol. The molecule has 1 aliphatic carbocycles. The van der Waals surface area contributed by atoms with E-state index in [-0.39, 0.29) is 46.3 Å². The van der Waals surface area contributed by atoms with E-state index in [4.69, 9.17) is 0 Å². The highest BCUT2D eigenvalue weighted by atomic mass is 19.1. The van der Waals surface area contributed by atoms with Gasteiger partial charge in [0.1, 0.15) is 5.82 Å². The summed E-state index contributed by atoms with van der Waals surface area (Å²) in [6, 6.07) is 2.89. The molecule has 5 rings (SSSR count). The fourth-order valence-electron chi connectivity index (χ4n) is 5.32. The van der Waals surface area contributed by atoms with Gasteiger partial charge in [0.15, 0.2) is 24.1 Å². The van der Waals surface area contributed by atoms with Crippen LogP contribution < -0.4 is 16.0 Å². The van der Waals surface area contributed by atoms with Gasteiger partial charge < -0.3 is 16.0 Å². The maximum atomic E-state index is 15.1. The summed E-state index contributed by atoms with van der Waals surface area (Å²) >= 11 is 0. The molecule has 0 spiro atoms. The first-order valence-corrected chi connectivity index (χ1v) is 12.1. The van der Waals surface area contributed by atoms with Gasteiger partial charge in [0.2, 0.25) is 5.95 Å². The van der Waals surface area contributed by atoms with Crippen LogP contribution in [0.15, 0.2) is 18.3 Å². The first kappa shape index (κ1) is 24.4. The molecule has 2 aromatic heterocycles. The average molecular weight is 502 g/mol. The fraction of sp³-hybridized carbons (Fsp3) is 0.542. The molecule has 36 heavy (non-hydrogen) atoms. The molecule has 3 N–H and O–H groups in total. The highest BCUT2D eigenvalue weighted by molar-refractivity contribution is 5.63. The van der Waals surface area contributed by atoms with E-state index < -0.39 is 18.3 Å². The Bertz CT molecular complexity index is 1250. The van der Waals surface area contributed by atoms with Crippen LogP contribution in [0.3, 0.4) is 0 Å². The van der Waals surface area contributed by atoms with E-state index in [0.717, 1.165) is 31.9 Å². The molecule has 0 amide bonds. The Kier molecular flexibility index (Phi) is 6.09. The molecule has 9 nitrogen and oxygen atoms in total. The largest absolute Gasteiger partial charge is 0.365 e. The molecular weight excluding hydrogens is 471 g/mol. The molecule has 2 fully saturated rings. The Balaban J connectivity index is 1.43. The van der Waals surface area contributed by atoms with Crippen molar-refractivity contribution in [2.75, 3.05) is 10.6 Å². The second-order valence-electron chi connectivity index (χ2n) is 11.0. The lowest BCUT2D eigenvalue weighted by Crippen LogP contribution is -2.60. The number of nitrogens with one attached hydrogen (secondary N) is 3. The SMILES string of the molecule is CC1(C)CC(Nc2nc(Nc3cc(-n4nnnc4CF)c(C4CC4)cc3F)ncc2F)CC(C)(C)N1. The van der Waals surface area contributed by atoms with Gasteiger partial charge in [-0.3, -0.25) is 0 Å². The van der Waals surface area contributed by atoms with Gasteiger partial charge in [0.25, 0.3) is 0 Å². The zero-order valence-corrected chi connectivity index (χ0v) is 20.7. The summed E-state index contributed by atoms with van der Waals surface area (Å²) in [5, 5.41) is 20.8. The predicted molar refractivity (Wildman–Crippen MR) is 129 cm³/mol. The lowest BCUT2D eigenvalue weighted by molar-refractivity contribution is 0.170. The van der Waals surface area contributed by atoms with Crippen molar-refractivity contribution in [2.24, 2.45) is 0 Å². The summed E-state index contributed by atoms with van der Waals surface area (Å²) in [5.41, 5.74) is 0.969. The fourth-order valence-corrected chi connectivity index (χ4v) is 5.32. The van der Waals surface area contributed by atoms with E-state index in [1.807, 2.05) is 0 Å². The standard InChI is InChI=1S/C24H30F3N9/c1-23(2)9-14(10-24(3,4)33-23)29-21-17(27)12-28-22(31-21)30-18-8-19(36-20(11-25)32-34-35-36)15(7-16(18)26)13-5-6-13/h7-8,12-14,33H,5-6,9-11H2,1-4H3,(H2,28,29,30,31). The number of benzene rings is 1. The Morgan fingerprint density at radius 2 is 1.81 bits per heavy atom. The molecule has 192 valence electrons. The van der Waals surface area contributed by atoms with Crippen LogP contribution in [0, 0.1) is 11.6 Å². The summed E-state index contributed by atoms with van der Waals surface area (Å²) in [6.45, 7) is 7.57. The third-order valence-corrected chi connectivity index (χ3v) is 6.54. The van der Waals surface area contributed by atoms with Gasteiger partial charge in [-0.25, -0.2) is 18.2 Å². The van der Waals surface area contributed by atoms with Gasteiger partial charge in [0.05, 0.1) is 17.6 Å². The molecule has 1 aliphatic heterocycles. The highest BCUT2D eigenvalue weighted by Gasteiger charge is 2.38. The number of nitrogens with zero attached hydrogens (tertiary/aromatic N) is 6. The highest BCUT2D eigenvalue weighted by Crippen LogP contribution is 2.44. The molecule has 0 unspecified atom stereocenters. The van der Waals surface area contributed by atoms with Crippen molar-refractivity contribution in [1.29, 1.82) is 0 Å². The van der Waals surface area contributed by atoms with Crippen LogP contribution >= 0.6 is 0 Å². The third-order valence-electron chi connectivity index (χ3n) is 6.54. The Morgan fingerprint density at radius 1 is 1.08 bits per heavy atom. The van der Waals surface area contributed by atoms with Crippen molar-refractivity contribution in [3.63, 3.8) is 0 Å². The van der Waals surface area contributed by atoms with Crippen molar-refractivity contribution in [3.05, 3.63) is 41.4 Å². The number of hydrogen-bond acceptors (Lipinski definition) is 8. The number of rotatable bonds is 7. The summed E-state index contributed by atoms with van der Waals surface area (Å²) in [6.07, 6.45) is 4.41. The van der Waals surface area contributed by atoms with Gasteiger partial charge in [-0.2, -0.15) is 9.67 Å². The molecule has 3 heterocycles. The van der Waals surface area contributed by atoms with Crippen molar-refractivity contribution in [3.8, 4) is 5.69 Å². The zero-order valence-electron chi connectivity index (χ0n) is 20.7. The van der Waals surface area contributed by atoms with E-state index >= 15 is 4.39 Å². The topological polar surface area (TPSA) is 105 Å². The maximum absolute atomic E-state index is 15.1. The molecule has 0 bridgehead atoms. The molecule has 1 aromatic carbocycles. The summed E-state index contributed by atoms with van der Waals surface area (Å²) in [7, 11) is 0. The molecule has 2 aliphatic rings. The van der Waals surface area contributed by atoms with Crippen LogP contribution in [0.1, 0.15) is 70.7 Å². The van der Waals surface area contributed by atoms with E-state index in [1.54, 1.807) is 0 Å². The number of halogens is 3. The van der Waals surface area contributed by atoms with E-state index in [1.165, 1.54) is 16.8 Å². The van der Waals surface area contributed by atoms with Crippen LogP contribution in [0.25, 0.3) is 5.69 Å². The minimum atomic E-state index is -0.863. The molecule has 12 heteroatoms. The summed E-state index contributed by atoms with van der Waals surface area (Å²) in [4.78, 5) is 8.29. The van der Waals surface area contributed by atoms with Gasteiger partial charge in [-0.15, -0.1) is 5.10 Å². The predicted octanol–water partition coefficient (Wildman–Crippen LogP) is 4.54. The second-order valence-corrected chi connectivity index (χ2v) is 11.0. The van der Waals surface area contributed by atoms with Crippen LogP contribution in [-0.2, 0) is 6.67 Å². The number of anilines is 3. The number of alkyl halides is 1. The van der Waals surface area contributed by atoms with Crippen molar-refractivity contribution in [2.45, 2.75) is 83.1 Å². The van der Waals surface area contributed by atoms with Crippen molar-refractivity contribution < 1.29 is 13.2 Å². The molecule has 1 saturated carbocycles. The summed E-state index contributed by atoms with van der Waals surface area (Å²) in [5.74, 6) is -0.872. The maximum Gasteiger partial charge on any atom is 0.229 e. The van der Waals surface area contributed by atoms with Gasteiger partial charge >= 0.3 is 0 Å². The zero-order chi connectivity index (χ0) is 25.7. The minimum Gasteiger partial charge on any atom is -0.365 e. The first-order chi connectivity index (χ1) is 17.0. The molecule has 0 radical (unpaired) electrons. The summed E-state index contributed by atoms with van der Waals surface area (Å²) < 4.78 is 44.5. The van der Waals surface area contributed by atoms with Crippen molar-refractivity contribution >= 4 is 17.5 Å². The Morgan fingerprint density at radius 3 is 2.47 bits per heavy atom. The van der Waals surface area contributed by atoms with E-state index in [2.05, 4.69) is 69.1 Å². The van der Waals surface area contributed by atoms with Gasteiger partial charge in [-0.05, 0) is 87.4 Å². The van der Waals surface area contributed by atoms with E-state index in [9.17, 15) is 8.78 Å². The molecule has 1 saturated heterocycles. The Labute approximate surface area is 207 Å². The van der Waals surface area contributed by atoms with Gasteiger partial charge in [0, 0.05) is 17.1 Å². The van der Waals surface area contributed by atoms with Crippen molar-refractivity contribution in [1.82, 2.24) is 35.5 Å². The average Bonchev–Trinajstić information content (AvgIpc) is 3.51. The Hall–Kier alpha value is -3.28. The van der Waals surface area contributed by atoms with Crippen LogP contribution in [0.2, 0.25) is 0 Å². The van der Waals surface area contributed by atoms with Gasteiger partial charge in [-0.1, -0.05) is 0 Å². The lowest BCUT2D eigenvalue weighted by Gasteiger charge is -2.46. The number of hydrogen-bond donors (Lipinski definition) is 3. The number of tetrazole rings is 1. The van der Waals surface area contributed by atoms with Crippen LogP contribution in [0.4, 0.5) is 30.6 Å². The lowest BCUT2D eigenvalue weighted by atomic mass is 9.79. The quantitative estimate of drug-likeness (QED) is 0.433. The second kappa shape index (κ2) is 8.99. The van der Waals surface area contributed by atoms with E-state index in [0.29, 0.717) is 11.3 Å². The molecule has 0 atom stereocenters. The number of aromatic nitrogens is 6. The molecule has 3 aromatic rings. The first-order valence-electron chi connectivity index (χ1n) is 12.1. The normalized spacial score (nSPS) is 19.3. The van der Waals surface area contributed by atoms with Crippen LogP contribution in [0.5, 0.6) is 0 Å². The van der Waals surface area contributed by atoms with Crippen LogP contribution in [-0.4, -0.2) is 47.3 Å². The number of piperidine rings is 1.